The zero-order chi connectivity index (χ0) is 24.1. The number of carbonyl (C=O) groups excluding carboxylic acids is 1. The highest BCUT2D eigenvalue weighted by Gasteiger charge is 2.28. The Kier molecular flexibility index (Phi) is 7.32. The summed E-state index contributed by atoms with van der Waals surface area (Å²) in [7, 11) is -4.03. The van der Waals surface area contributed by atoms with Crippen LogP contribution in [0.2, 0.25) is 0 Å². The van der Waals surface area contributed by atoms with Crippen molar-refractivity contribution in [1.82, 2.24) is 5.32 Å². The molecule has 1 unspecified atom stereocenters. The maximum Gasteiger partial charge on any atom is 0.264 e. The minimum Gasteiger partial charge on any atom is -0.348 e. The Morgan fingerprint density at radius 3 is 2.32 bits per heavy atom. The van der Waals surface area contributed by atoms with Crippen molar-refractivity contribution in [3.63, 3.8) is 0 Å². The van der Waals surface area contributed by atoms with E-state index in [1.165, 1.54) is 60.4 Å². The lowest BCUT2D eigenvalue weighted by atomic mass is 9.89. The number of sulfonamides is 1. The summed E-state index contributed by atoms with van der Waals surface area (Å²) in [6.07, 6.45) is 5.18. The zero-order valence-electron chi connectivity index (χ0n) is 19.2. The average Bonchev–Trinajstić information content (AvgIpc) is 2.86. The average molecular weight is 481 g/mol. The fourth-order valence-corrected chi connectivity index (χ4v) is 5.85. The van der Waals surface area contributed by atoms with Crippen LogP contribution in [0.15, 0.2) is 77.7 Å². The van der Waals surface area contributed by atoms with Crippen LogP contribution in [0.3, 0.4) is 0 Å². The Labute approximate surface area is 200 Å². The minimum atomic E-state index is -4.03. The number of anilines is 1. The van der Waals surface area contributed by atoms with Crippen molar-refractivity contribution in [2.75, 3.05) is 10.8 Å². The number of nitrogens with one attached hydrogen (secondary N) is 1. The van der Waals surface area contributed by atoms with Crippen molar-refractivity contribution in [2.24, 2.45) is 0 Å². The van der Waals surface area contributed by atoms with Gasteiger partial charge >= 0.3 is 0 Å². The third-order valence-corrected chi connectivity index (χ3v) is 8.04. The van der Waals surface area contributed by atoms with E-state index < -0.39 is 28.3 Å². The maximum atomic E-state index is 13.5. The van der Waals surface area contributed by atoms with E-state index in [0.29, 0.717) is 6.42 Å². The first-order chi connectivity index (χ1) is 16.4. The summed E-state index contributed by atoms with van der Waals surface area (Å²) in [5.41, 5.74) is 3.95. The second-order valence-electron chi connectivity index (χ2n) is 8.56. The van der Waals surface area contributed by atoms with Gasteiger partial charge in [0, 0.05) is 0 Å². The number of benzene rings is 3. The van der Waals surface area contributed by atoms with Gasteiger partial charge < -0.3 is 5.32 Å². The van der Waals surface area contributed by atoms with Crippen LogP contribution in [0.1, 0.15) is 48.9 Å². The van der Waals surface area contributed by atoms with E-state index in [2.05, 4.69) is 23.5 Å². The van der Waals surface area contributed by atoms with Crippen LogP contribution < -0.4 is 9.62 Å². The number of amides is 1. The molecular weight excluding hydrogens is 451 g/mol. The van der Waals surface area contributed by atoms with Crippen molar-refractivity contribution in [3.8, 4) is 0 Å². The molecule has 0 saturated carbocycles. The number of hydrogen-bond donors (Lipinski definition) is 1. The molecule has 1 aliphatic rings. The van der Waals surface area contributed by atoms with Crippen LogP contribution >= 0.6 is 0 Å². The third kappa shape index (κ3) is 5.30. The van der Waals surface area contributed by atoms with Crippen LogP contribution in [0.25, 0.3) is 0 Å². The molecule has 0 bridgehead atoms. The van der Waals surface area contributed by atoms with Crippen LogP contribution in [0.5, 0.6) is 0 Å². The molecule has 0 aliphatic heterocycles. The highest BCUT2D eigenvalue weighted by molar-refractivity contribution is 7.92. The van der Waals surface area contributed by atoms with E-state index in [-0.39, 0.29) is 16.6 Å². The third-order valence-electron chi connectivity index (χ3n) is 6.25. The predicted octanol–water partition coefficient (Wildman–Crippen LogP) is 5.17. The molecule has 0 radical (unpaired) electrons. The molecular formula is C27H29FN2O3S. The first kappa shape index (κ1) is 24.0. The molecule has 7 heteroatoms. The van der Waals surface area contributed by atoms with Gasteiger partial charge in [0.25, 0.3) is 10.0 Å². The van der Waals surface area contributed by atoms with Gasteiger partial charge in [0.2, 0.25) is 5.91 Å². The smallest absolute Gasteiger partial charge is 0.264 e. The lowest BCUT2D eigenvalue weighted by Crippen LogP contribution is -2.42. The standard InChI is InChI=1S/C27H29FN2O3S/c1-2-26(22-13-12-20-8-6-7-9-21(20)18-22)29-27(31)19-30(24-16-14-23(28)15-17-24)34(32,33)25-10-4-3-5-11-25/h3-5,10-18,26H,2,6-9,19H2,1H3,(H,29,31). The molecule has 4 rings (SSSR count). The number of rotatable bonds is 8. The van der Waals surface area contributed by atoms with Crippen molar-refractivity contribution in [3.05, 3.63) is 95.3 Å². The molecule has 0 spiro atoms. The largest absolute Gasteiger partial charge is 0.348 e. The van der Waals surface area contributed by atoms with E-state index >= 15 is 0 Å². The number of fused-ring (bicyclic) bond motifs is 1. The summed E-state index contributed by atoms with van der Waals surface area (Å²) in [6, 6.07) is 19.2. The lowest BCUT2D eigenvalue weighted by Gasteiger charge is -2.26. The predicted molar refractivity (Wildman–Crippen MR) is 132 cm³/mol. The summed E-state index contributed by atoms with van der Waals surface area (Å²) in [4.78, 5) is 13.2. The number of carbonyl (C=O) groups is 1. The van der Waals surface area contributed by atoms with Gasteiger partial charge in [0.15, 0.2) is 0 Å². The fraction of sp³-hybridized carbons (Fsp3) is 0.296. The van der Waals surface area contributed by atoms with Gasteiger partial charge in [-0.25, -0.2) is 12.8 Å². The van der Waals surface area contributed by atoms with Gasteiger partial charge in [-0.15, -0.1) is 0 Å². The molecule has 1 atom stereocenters. The molecule has 5 nitrogen and oxygen atoms in total. The van der Waals surface area contributed by atoms with Crippen LogP contribution in [0.4, 0.5) is 10.1 Å². The van der Waals surface area contributed by atoms with Crippen LogP contribution in [-0.4, -0.2) is 20.9 Å². The van der Waals surface area contributed by atoms with Gasteiger partial charge in [0.05, 0.1) is 16.6 Å². The molecule has 178 valence electrons. The second kappa shape index (κ2) is 10.4. The number of nitrogens with zero attached hydrogens (tertiary/aromatic N) is 1. The van der Waals surface area contributed by atoms with Gasteiger partial charge in [0.1, 0.15) is 12.4 Å². The number of hydrogen-bond acceptors (Lipinski definition) is 3. The summed E-state index contributed by atoms with van der Waals surface area (Å²) >= 11 is 0. The molecule has 0 aromatic heterocycles. The highest BCUT2D eigenvalue weighted by atomic mass is 32.2. The van der Waals surface area contributed by atoms with E-state index in [1.807, 2.05) is 6.92 Å². The normalized spacial score (nSPS) is 14.2. The van der Waals surface area contributed by atoms with Crippen LogP contribution in [-0.2, 0) is 27.7 Å². The summed E-state index contributed by atoms with van der Waals surface area (Å²) in [6.45, 7) is 1.58. The molecule has 0 fully saturated rings. The maximum absolute atomic E-state index is 13.5. The van der Waals surface area contributed by atoms with E-state index in [1.54, 1.807) is 18.2 Å². The van der Waals surface area contributed by atoms with Gasteiger partial charge in [-0.1, -0.05) is 43.3 Å². The van der Waals surface area contributed by atoms with Crippen molar-refractivity contribution < 1.29 is 17.6 Å². The molecule has 1 aliphatic carbocycles. The monoisotopic (exact) mass is 480 g/mol. The Morgan fingerprint density at radius 2 is 1.65 bits per heavy atom. The van der Waals surface area contributed by atoms with Gasteiger partial charge in [-0.05, 0) is 85.2 Å². The Hall–Kier alpha value is -3.19. The first-order valence-electron chi connectivity index (χ1n) is 11.6. The Balaban J connectivity index is 1.58. The second-order valence-corrected chi connectivity index (χ2v) is 10.4. The van der Waals surface area contributed by atoms with E-state index in [0.717, 1.165) is 22.7 Å². The summed E-state index contributed by atoms with van der Waals surface area (Å²) in [5.74, 6) is -0.905. The summed E-state index contributed by atoms with van der Waals surface area (Å²) < 4.78 is 41.3. The van der Waals surface area contributed by atoms with Crippen molar-refractivity contribution in [1.29, 1.82) is 0 Å². The SMILES string of the molecule is CCC(NC(=O)CN(c1ccc(F)cc1)S(=O)(=O)c1ccccc1)c1ccc2c(c1)CCCC2. The number of halogens is 1. The highest BCUT2D eigenvalue weighted by Crippen LogP contribution is 2.27. The molecule has 1 amide bonds. The molecule has 0 heterocycles. The quantitative estimate of drug-likeness (QED) is 0.484. The fourth-order valence-electron chi connectivity index (χ4n) is 4.40. The molecule has 1 N–H and O–H groups in total. The molecule has 3 aromatic carbocycles. The van der Waals surface area contributed by atoms with Gasteiger partial charge in [-0.2, -0.15) is 0 Å². The molecule has 34 heavy (non-hydrogen) atoms. The van der Waals surface area contributed by atoms with Crippen molar-refractivity contribution in [2.45, 2.75) is 50.0 Å². The molecule has 0 saturated heterocycles. The van der Waals surface area contributed by atoms with Crippen molar-refractivity contribution >= 4 is 21.6 Å². The number of aryl methyl sites for hydroxylation is 2. The Morgan fingerprint density at radius 1 is 0.971 bits per heavy atom. The first-order valence-corrected chi connectivity index (χ1v) is 13.1. The summed E-state index contributed by atoms with van der Waals surface area (Å²) in [5, 5.41) is 3.01. The zero-order valence-corrected chi connectivity index (χ0v) is 20.0. The van der Waals surface area contributed by atoms with E-state index in [9.17, 15) is 17.6 Å². The minimum absolute atomic E-state index is 0.0638. The lowest BCUT2D eigenvalue weighted by molar-refractivity contribution is -0.120. The van der Waals surface area contributed by atoms with E-state index in [4.69, 9.17) is 0 Å². The van der Waals surface area contributed by atoms with Crippen LogP contribution in [0, 0.1) is 5.82 Å². The molecule has 3 aromatic rings. The topological polar surface area (TPSA) is 66.5 Å². The van der Waals surface area contributed by atoms with Gasteiger partial charge in [-0.3, -0.25) is 9.10 Å². The Bertz CT molecular complexity index is 1240.